The van der Waals surface area contributed by atoms with Gasteiger partial charge in [-0.25, -0.2) is 0 Å². The Labute approximate surface area is 170 Å². The third kappa shape index (κ3) is 4.20. The lowest BCUT2D eigenvalue weighted by atomic mass is 10.1. The van der Waals surface area contributed by atoms with Crippen molar-refractivity contribution in [2.45, 2.75) is 13.5 Å². The molecule has 4 rings (SSSR count). The Balaban J connectivity index is 1.42. The van der Waals surface area contributed by atoms with Crippen LogP contribution in [0.3, 0.4) is 0 Å². The number of anilines is 1. The molecule has 0 saturated carbocycles. The van der Waals surface area contributed by atoms with Gasteiger partial charge in [-0.15, -0.1) is 0 Å². The van der Waals surface area contributed by atoms with Crippen molar-refractivity contribution in [3.05, 3.63) is 88.3 Å². The van der Waals surface area contributed by atoms with Gasteiger partial charge in [0.2, 0.25) is 0 Å². The molecule has 1 N–H and O–H groups in total. The van der Waals surface area contributed by atoms with E-state index in [1.807, 2.05) is 55.5 Å². The van der Waals surface area contributed by atoms with Gasteiger partial charge in [-0.05, 0) is 24.6 Å². The van der Waals surface area contributed by atoms with Crippen LogP contribution in [0.5, 0.6) is 0 Å². The molecule has 2 aromatic heterocycles. The SMILES string of the molecule is Cc1ccc(-c2cc(C(=O)Nc3cnn(Cc4ccc(Br)cc4)c3)no2)cc1. The van der Waals surface area contributed by atoms with Crippen molar-refractivity contribution in [1.29, 1.82) is 0 Å². The van der Waals surface area contributed by atoms with Gasteiger partial charge in [0.05, 0.1) is 18.4 Å². The molecule has 0 aliphatic heterocycles. The quantitative estimate of drug-likeness (QED) is 0.482. The van der Waals surface area contributed by atoms with Crippen molar-refractivity contribution in [2.75, 3.05) is 5.32 Å². The summed E-state index contributed by atoms with van der Waals surface area (Å²) in [5.41, 5.74) is 3.96. The average molecular weight is 437 g/mol. The molecule has 2 heterocycles. The molecule has 0 unspecified atom stereocenters. The smallest absolute Gasteiger partial charge is 0.277 e. The largest absolute Gasteiger partial charge is 0.355 e. The maximum atomic E-state index is 12.4. The number of benzene rings is 2. The predicted molar refractivity (Wildman–Crippen MR) is 110 cm³/mol. The number of aromatic nitrogens is 3. The Bertz CT molecular complexity index is 1100. The van der Waals surface area contributed by atoms with Gasteiger partial charge < -0.3 is 9.84 Å². The lowest BCUT2D eigenvalue weighted by Gasteiger charge is -2.02. The van der Waals surface area contributed by atoms with E-state index < -0.39 is 0 Å². The first kappa shape index (κ1) is 18.2. The Hall–Kier alpha value is -3.19. The molecule has 140 valence electrons. The van der Waals surface area contributed by atoms with Crippen LogP contribution in [-0.4, -0.2) is 20.8 Å². The lowest BCUT2D eigenvalue weighted by molar-refractivity contribution is 0.101. The summed E-state index contributed by atoms with van der Waals surface area (Å²) in [6.45, 7) is 2.63. The predicted octanol–water partition coefficient (Wildman–Crippen LogP) is 4.91. The number of nitrogens with zero attached hydrogens (tertiary/aromatic N) is 3. The van der Waals surface area contributed by atoms with E-state index in [-0.39, 0.29) is 11.6 Å². The van der Waals surface area contributed by atoms with Crippen molar-refractivity contribution in [3.63, 3.8) is 0 Å². The Kier molecular flexibility index (Phi) is 5.08. The summed E-state index contributed by atoms with van der Waals surface area (Å²) in [5.74, 6) is 0.210. The van der Waals surface area contributed by atoms with Crippen LogP contribution < -0.4 is 5.32 Å². The Morgan fingerprint density at radius 1 is 1.14 bits per heavy atom. The monoisotopic (exact) mass is 436 g/mol. The molecule has 1 amide bonds. The van der Waals surface area contributed by atoms with Crippen LogP contribution in [0.25, 0.3) is 11.3 Å². The molecule has 0 bridgehead atoms. The fraction of sp³-hybridized carbons (Fsp3) is 0.0952. The lowest BCUT2D eigenvalue weighted by Crippen LogP contribution is -2.11. The first-order valence-electron chi connectivity index (χ1n) is 8.69. The summed E-state index contributed by atoms with van der Waals surface area (Å²) in [5, 5.41) is 11.0. The van der Waals surface area contributed by atoms with Crippen molar-refractivity contribution < 1.29 is 9.32 Å². The van der Waals surface area contributed by atoms with Crippen LogP contribution in [0.15, 0.2) is 76.0 Å². The maximum Gasteiger partial charge on any atom is 0.277 e. The minimum absolute atomic E-state index is 0.219. The van der Waals surface area contributed by atoms with Crippen molar-refractivity contribution in [3.8, 4) is 11.3 Å². The van der Waals surface area contributed by atoms with Gasteiger partial charge in [-0.2, -0.15) is 5.10 Å². The van der Waals surface area contributed by atoms with E-state index in [4.69, 9.17) is 4.52 Å². The second-order valence-corrected chi connectivity index (χ2v) is 7.37. The number of halogens is 1. The molecule has 28 heavy (non-hydrogen) atoms. The van der Waals surface area contributed by atoms with Crippen LogP contribution in [0.2, 0.25) is 0 Å². The van der Waals surface area contributed by atoms with Gasteiger partial charge in [-0.3, -0.25) is 9.48 Å². The van der Waals surface area contributed by atoms with Crippen LogP contribution in [0, 0.1) is 6.92 Å². The van der Waals surface area contributed by atoms with Crippen LogP contribution in [0.4, 0.5) is 5.69 Å². The minimum atomic E-state index is -0.342. The zero-order valence-electron chi connectivity index (χ0n) is 15.1. The molecule has 0 fully saturated rings. The summed E-state index contributed by atoms with van der Waals surface area (Å²) in [7, 11) is 0. The number of hydrogen-bond donors (Lipinski definition) is 1. The van der Waals surface area contributed by atoms with Gasteiger partial charge in [-0.1, -0.05) is 63.0 Å². The van der Waals surface area contributed by atoms with E-state index in [9.17, 15) is 4.79 Å². The van der Waals surface area contributed by atoms with Gasteiger partial charge in [0, 0.05) is 22.3 Å². The molecule has 0 spiro atoms. The average Bonchev–Trinajstić information content (AvgIpc) is 3.34. The third-order valence-corrected chi connectivity index (χ3v) is 4.76. The normalized spacial score (nSPS) is 10.8. The highest BCUT2D eigenvalue weighted by Gasteiger charge is 2.14. The molecule has 0 radical (unpaired) electrons. The van der Waals surface area contributed by atoms with Gasteiger partial charge in [0.1, 0.15) is 0 Å². The van der Waals surface area contributed by atoms with Gasteiger partial charge in [0.15, 0.2) is 11.5 Å². The molecular weight excluding hydrogens is 420 g/mol. The molecule has 0 saturated heterocycles. The fourth-order valence-corrected chi connectivity index (χ4v) is 2.99. The first-order chi connectivity index (χ1) is 13.6. The second-order valence-electron chi connectivity index (χ2n) is 6.45. The summed E-state index contributed by atoms with van der Waals surface area (Å²) in [6, 6.07) is 17.5. The molecule has 4 aromatic rings. The summed E-state index contributed by atoms with van der Waals surface area (Å²) in [4.78, 5) is 12.4. The highest BCUT2D eigenvalue weighted by molar-refractivity contribution is 9.10. The van der Waals surface area contributed by atoms with E-state index in [0.29, 0.717) is 18.0 Å². The van der Waals surface area contributed by atoms with E-state index >= 15 is 0 Å². The van der Waals surface area contributed by atoms with Crippen LogP contribution >= 0.6 is 15.9 Å². The van der Waals surface area contributed by atoms with Crippen molar-refractivity contribution in [1.82, 2.24) is 14.9 Å². The highest BCUT2D eigenvalue weighted by atomic mass is 79.9. The number of carbonyl (C=O) groups excluding carboxylic acids is 1. The molecule has 0 aliphatic rings. The summed E-state index contributed by atoms with van der Waals surface area (Å²) >= 11 is 3.42. The van der Waals surface area contributed by atoms with E-state index in [1.54, 1.807) is 23.1 Å². The molecule has 0 atom stereocenters. The first-order valence-corrected chi connectivity index (χ1v) is 9.48. The zero-order valence-corrected chi connectivity index (χ0v) is 16.7. The van der Waals surface area contributed by atoms with Crippen molar-refractivity contribution >= 4 is 27.5 Å². The third-order valence-electron chi connectivity index (χ3n) is 4.23. The number of hydrogen-bond acceptors (Lipinski definition) is 4. The van der Waals surface area contributed by atoms with Gasteiger partial charge >= 0.3 is 0 Å². The number of carbonyl (C=O) groups is 1. The molecule has 2 aromatic carbocycles. The Morgan fingerprint density at radius 2 is 1.89 bits per heavy atom. The standard InChI is InChI=1S/C21H17BrN4O2/c1-14-2-6-16(7-3-14)20-10-19(25-28-20)21(27)24-18-11-23-26(13-18)12-15-4-8-17(22)9-5-15/h2-11,13H,12H2,1H3,(H,24,27). The van der Waals surface area contributed by atoms with E-state index in [1.165, 1.54) is 0 Å². The summed E-state index contributed by atoms with van der Waals surface area (Å²) < 4.78 is 8.10. The second kappa shape index (κ2) is 7.82. The zero-order chi connectivity index (χ0) is 19.5. The maximum absolute atomic E-state index is 12.4. The highest BCUT2D eigenvalue weighted by Crippen LogP contribution is 2.21. The number of rotatable bonds is 5. The Morgan fingerprint density at radius 3 is 2.64 bits per heavy atom. The molecule has 6 nitrogen and oxygen atoms in total. The topological polar surface area (TPSA) is 73.0 Å². The van der Waals surface area contributed by atoms with E-state index in [2.05, 4.69) is 31.5 Å². The number of amides is 1. The fourth-order valence-electron chi connectivity index (χ4n) is 2.72. The van der Waals surface area contributed by atoms with Crippen LogP contribution in [0.1, 0.15) is 21.6 Å². The number of nitrogens with one attached hydrogen (secondary N) is 1. The minimum Gasteiger partial charge on any atom is -0.355 e. The number of aryl methyl sites for hydroxylation is 1. The van der Waals surface area contributed by atoms with Crippen molar-refractivity contribution in [2.24, 2.45) is 0 Å². The summed E-state index contributed by atoms with van der Waals surface area (Å²) in [6.07, 6.45) is 3.39. The molecule has 0 aliphatic carbocycles. The van der Waals surface area contributed by atoms with Crippen LogP contribution in [-0.2, 0) is 6.54 Å². The van der Waals surface area contributed by atoms with E-state index in [0.717, 1.165) is 21.2 Å². The molecule has 7 heteroatoms. The van der Waals surface area contributed by atoms with Gasteiger partial charge in [0.25, 0.3) is 5.91 Å². The molecular formula is C21H17BrN4O2.